The number of carbonyl (C=O) groups is 3. The van der Waals surface area contributed by atoms with Crippen LogP contribution in [0.5, 0.6) is 0 Å². The molecule has 1 aromatic rings. The minimum atomic E-state index is -0.889. The van der Waals surface area contributed by atoms with E-state index in [1.165, 1.54) is 16.7 Å². The van der Waals surface area contributed by atoms with Crippen molar-refractivity contribution in [3.63, 3.8) is 0 Å². The van der Waals surface area contributed by atoms with E-state index in [4.69, 9.17) is 4.74 Å². The molecule has 31 heavy (non-hydrogen) atoms. The molecule has 1 fully saturated rings. The Hall–Kier alpha value is -2.80. The topological polar surface area (TPSA) is 124 Å². The molecular weight excluding hydrogens is 418 g/mol. The van der Waals surface area contributed by atoms with Gasteiger partial charge in [0, 0.05) is 31.2 Å². The Balaban J connectivity index is 1.91. The zero-order chi connectivity index (χ0) is 22.9. The lowest BCUT2D eigenvalue weighted by molar-refractivity contribution is -0.132. The van der Waals surface area contributed by atoms with E-state index < -0.39 is 23.8 Å². The van der Waals surface area contributed by atoms with Gasteiger partial charge < -0.3 is 20.3 Å². The van der Waals surface area contributed by atoms with Gasteiger partial charge in [-0.15, -0.1) is 11.8 Å². The Morgan fingerprint density at radius 1 is 1.42 bits per heavy atom. The predicted octanol–water partition coefficient (Wildman–Crippen LogP) is 1.84. The summed E-state index contributed by atoms with van der Waals surface area (Å²) in [6.07, 6.45) is 3.99. The van der Waals surface area contributed by atoms with Crippen LogP contribution in [0, 0.1) is 11.3 Å². The lowest BCUT2D eigenvalue weighted by atomic mass is 10.2. The zero-order valence-electron chi connectivity index (χ0n) is 18.1. The Morgan fingerprint density at radius 3 is 2.84 bits per heavy atom. The molecule has 0 spiro atoms. The van der Waals surface area contributed by atoms with Gasteiger partial charge in [0.25, 0.3) is 0 Å². The highest BCUT2D eigenvalue weighted by Crippen LogP contribution is 2.19. The van der Waals surface area contributed by atoms with Crippen molar-refractivity contribution >= 4 is 29.7 Å². The molecule has 1 aliphatic heterocycles. The molecule has 168 valence electrons. The van der Waals surface area contributed by atoms with E-state index in [1.54, 1.807) is 39.2 Å². The molecule has 2 N–H and O–H groups in total. The Kier molecular flexibility index (Phi) is 9.12. The van der Waals surface area contributed by atoms with Crippen LogP contribution < -0.4 is 10.6 Å². The summed E-state index contributed by atoms with van der Waals surface area (Å²) >= 11 is 1.23. The molecule has 10 heteroatoms. The number of hydrogen-bond acceptors (Lipinski definition) is 7. The van der Waals surface area contributed by atoms with Crippen LogP contribution in [0.1, 0.15) is 39.2 Å². The second-order valence-electron chi connectivity index (χ2n) is 8.17. The van der Waals surface area contributed by atoms with Gasteiger partial charge in [-0.05, 0) is 45.2 Å². The van der Waals surface area contributed by atoms with E-state index in [0.717, 1.165) is 12.0 Å². The first-order valence-corrected chi connectivity index (χ1v) is 11.3. The first-order chi connectivity index (χ1) is 14.7. The number of nitriles is 1. The SMILES string of the molecule is CC(C)(C)OC(=O)N[C@@H](CSCC(=O)NCc1cccnc1)C(=O)N1CCC[C@H]1C#N. The molecule has 3 amide bonds. The van der Waals surface area contributed by atoms with E-state index in [-0.39, 0.29) is 23.3 Å². The van der Waals surface area contributed by atoms with Gasteiger partial charge in [0.15, 0.2) is 0 Å². The van der Waals surface area contributed by atoms with Crippen molar-refractivity contribution in [2.45, 2.75) is 57.8 Å². The van der Waals surface area contributed by atoms with Crippen LogP contribution in [0.15, 0.2) is 24.5 Å². The van der Waals surface area contributed by atoms with Crippen molar-refractivity contribution in [1.29, 1.82) is 5.26 Å². The van der Waals surface area contributed by atoms with Gasteiger partial charge in [-0.3, -0.25) is 14.6 Å². The van der Waals surface area contributed by atoms with Gasteiger partial charge in [0.1, 0.15) is 17.7 Å². The van der Waals surface area contributed by atoms with E-state index in [2.05, 4.69) is 21.7 Å². The van der Waals surface area contributed by atoms with Crippen LogP contribution >= 0.6 is 11.8 Å². The second kappa shape index (κ2) is 11.6. The first-order valence-electron chi connectivity index (χ1n) is 10.1. The van der Waals surface area contributed by atoms with E-state index in [0.29, 0.717) is 19.5 Å². The summed E-state index contributed by atoms with van der Waals surface area (Å²) in [6, 6.07) is 4.40. The van der Waals surface area contributed by atoms with Crippen molar-refractivity contribution in [3.05, 3.63) is 30.1 Å². The monoisotopic (exact) mass is 447 g/mol. The molecule has 2 rings (SSSR count). The van der Waals surface area contributed by atoms with Gasteiger partial charge in [0.2, 0.25) is 11.8 Å². The van der Waals surface area contributed by atoms with Crippen LogP contribution in [-0.2, 0) is 20.9 Å². The van der Waals surface area contributed by atoms with Crippen LogP contribution in [0.4, 0.5) is 4.79 Å². The molecule has 2 heterocycles. The highest BCUT2D eigenvalue weighted by atomic mass is 32.2. The molecular formula is C21H29N5O4S. The number of rotatable bonds is 8. The normalized spacial score (nSPS) is 16.8. The van der Waals surface area contributed by atoms with Gasteiger partial charge in [-0.1, -0.05) is 6.07 Å². The van der Waals surface area contributed by atoms with Gasteiger partial charge in [-0.25, -0.2) is 4.79 Å². The average Bonchev–Trinajstić information content (AvgIpc) is 3.19. The smallest absolute Gasteiger partial charge is 0.408 e. The van der Waals surface area contributed by atoms with Crippen LogP contribution in [0.2, 0.25) is 0 Å². The minimum absolute atomic E-state index is 0.127. The highest BCUT2D eigenvalue weighted by molar-refractivity contribution is 8.00. The number of ether oxygens (including phenoxy) is 1. The number of amides is 3. The fraction of sp³-hybridized carbons (Fsp3) is 0.571. The van der Waals surface area contributed by atoms with Crippen molar-refractivity contribution < 1.29 is 19.1 Å². The summed E-state index contributed by atoms with van der Waals surface area (Å²) in [5, 5.41) is 14.7. The molecule has 2 atom stereocenters. The molecule has 0 radical (unpaired) electrons. The van der Waals surface area contributed by atoms with Gasteiger partial charge >= 0.3 is 6.09 Å². The standard InChI is InChI=1S/C21H29N5O4S/c1-21(2,3)30-20(29)25-17(19(28)26-9-5-7-16(26)10-22)13-31-14-18(27)24-12-15-6-4-8-23-11-15/h4,6,8,11,16-17H,5,7,9,12-14H2,1-3H3,(H,24,27)(H,25,29)/t16-,17-/m0/s1. The maximum absolute atomic E-state index is 13.0. The summed E-state index contributed by atoms with van der Waals surface area (Å²) in [5.41, 5.74) is 0.178. The Labute approximate surface area is 186 Å². The van der Waals surface area contributed by atoms with Gasteiger partial charge in [0.05, 0.1) is 11.8 Å². The number of nitrogens with zero attached hydrogens (tertiary/aromatic N) is 3. The molecule has 0 bridgehead atoms. The lowest BCUT2D eigenvalue weighted by Crippen LogP contribution is -2.52. The molecule has 1 aliphatic rings. The van der Waals surface area contributed by atoms with Crippen LogP contribution in [-0.4, -0.2) is 63.5 Å². The summed E-state index contributed by atoms with van der Waals surface area (Å²) < 4.78 is 5.27. The quantitative estimate of drug-likeness (QED) is 0.623. The van der Waals surface area contributed by atoms with E-state index in [9.17, 15) is 19.6 Å². The van der Waals surface area contributed by atoms with Crippen molar-refractivity contribution in [2.24, 2.45) is 0 Å². The van der Waals surface area contributed by atoms with Crippen LogP contribution in [0.3, 0.4) is 0 Å². The van der Waals surface area contributed by atoms with E-state index >= 15 is 0 Å². The van der Waals surface area contributed by atoms with Crippen molar-refractivity contribution in [2.75, 3.05) is 18.1 Å². The summed E-state index contributed by atoms with van der Waals surface area (Å²) in [7, 11) is 0. The molecule has 1 saturated heterocycles. The van der Waals surface area contributed by atoms with Crippen molar-refractivity contribution in [1.82, 2.24) is 20.5 Å². The first kappa shape index (κ1) is 24.5. The fourth-order valence-electron chi connectivity index (χ4n) is 3.01. The number of carbonyl (C=O) groups excluding carboxylic acids is 3. The number of hydrogen-bond donors (Lipinski definition) is 2. The number of likely N-dealkylation sites (tertiary alicyclic amines) is 1. The Morgan fingerprint density at radius 2 is 2.19 bits per heavy atom. The highest BCUT2D eigenvalue weighted by Gasteiger charge is 2.34. The Bertz CT molecular complexity index is 806. The summed E-state index contributed by atoms with van der Waals surface area (Å²) in [4.78, 5) is 42.8. The number of alkyl carbamates (subject to hydrolysis) is 1. The van der Waals surface area contributed by atoms with E-state index in [1.807, 2.05) is 6.07 Å². The van der Waals surface area contributed by atoms with Gasteiger partial charge in [-0.2, -0.15) is 5.26 Å². The summed E-state index contributed by atoms with van der Waals surface area (Å²) in [6.45, 7) is 6.04. The number of thioether (sulfide) groups is 1. The lowest BCUT2D eigenvalue weighted by Gasteiger charge is -2.27. The van der Waals surface area contributed by atoms with Crippen molar-refractivity contribution in [3.8, 4) is 6.07 Å². The third-order valence-corrected chi connectivity index (χ3v) is 5.44. The molecule has 9 nitrogen and oxygen atoms in total. The minimum Gasteiger partial charge on any atom is -0.444 e. The molecule has 0 aromatic carbocycles. The number of pyridine rings is 1. The third kappa shape index (κ3) is 8.45. The number of nitrogens with one attached hydrogen (secondary N) is 2. The molecule has 0 saturated carbocycles. The average molecular weight is 448 g/mol. The maximum Gasteiger partial charge on any atom is 0.408 e. The van der Waals surface area contributed by atoms with Crippen LogP contribution in [0.25, 0.3) is 0 Å². The predicted molar refractivity (Wildman–Crippen MR) is 117 cm³/mol. The second-order valence-corrected chi connectivity index (χ2v) is 9.20. The largest absolute Gasteiger partial charge is 0.444 e. The maximum atomic E-state index is 13.0. The molecule has 0 unspecified atom stereocenters. The molecule has 0 aliphatic carbocycles. The zero-order valence-corrected chi connectivity index (χ0v) is 18.9. The summed E-state index contributed by atoms with van der Waals surface area (Å²) in [5.74, 6) is -0.207. The molecule has 1 aromatic heterocycles. The number of aromatic nitrogens is 1. The third-order valence-electron chi connectivity index (χ3n) is 4.40. The fourth-order valence-corrected chi connectivity index (χ4v) is 3.88.